The number of carboxylic acids is 1. The van der Waals surface area contributed by atoms with Gasteiger partial charge in [-0.05, 0) is 5.92 Å². The van der Waals surface area contributed by atoms with Crippen LogP contribution in [0.1, 0.15) is 25.3 Å². The topological polar surface area (TPSA) is 66.3 Å². The van der Waals surface area contributed by atoms with Gasteiger partial charge in [0, 0.05) is 25.9 Å². The molecule has 16 heavy (non-hydrogen) atoms. The van der Waals surface area contributed by atoms with Crippen LogP contribution in [-0.4, -0.2) is 35.1 Å². The molecule has 1 N–H and O–H groups in total. The standard InChI is InChI=1S/C11H17N3O2/c1-7(2)9(11(15)16)8-5-12-6-13-10(8)14(3)4/h5-7,9H,1-4H3,(H,15,16). The lowest BCUT2D eigenvalue weighted by Gasteiger charge is -2.21. The summed E-state index contributed by atoms with van der Waals surface area (Å²) in [4.78, 5) is 21.1. The van der Waals surface area contributed by atoms with Crippen molar-refractivity contribution >= 4 is 11.8 Å². The molecular weight excluding hydrogens is 206 g/mol. The van der Waals surface area contributed by atoms with E-state index in [1.54, 1.807) is 11.1 Å². The van der Waals surface area contributed by atoms with Crippen LogP contribution < -0.4 is 4.90 Å². The molecule has 1 unspecified atom stereocenters. The monoisotopic (exact) mass is 223 g/mol. The number of hydrogen-bond donors (Lipinski definition) is 1. The maximum absolute atomic E-state index is 11.2. The van der Waals surface area contributed by atoms with Crippen LogP contribution in [0, 0.1) is 5.92 Å². The van der Waals surface area contributed by atoms with Crippen LogP contribution in [-0.2, 0) is 4.79 Å². The Morgan fingerprint density at radius 3 is 2.50 bits per heavy atom. The van der Waals surface area contributed by atoms with Crippen LogP contribution >= 0.6 is 0 Å². The molecule has 1 heterocycles. The summed E-state index contributed by atoms with van der Waals surface area (Å²) in [5, 5.41) is 9.23. The quantitative estimate of drug-likeness (QED) is 0.835. The van der Waals surface area contributed by atoms with Crippen molar-refractivity contribution in [2.75, 3.05) is 19.0 Å². The smallest absolute Gasteiger partial charge is 0.311 e. The SMILES string of the molecule is CC(C)C(C(=O)O)c1cncnc1N(C)C. The lowest BCUT2D eigenvalue weighted by molar-refractivity contribution is -0.139. The minimum atomic E-state index is -0.840. The fourth-order valence-corrected chi connectivity index (χ4v) is 1.70. The van der Waals surface area contributed by atoms with Crippen molar-refractivity contribution in [3.05, 3.63) is 18.1 Å². The third-order valence-electron chi connectivity index (χ3n) is 2.41. The number of aliphatic carboxylic acids is 1. The van der Waals surface area contributed by atoms with Gasteiger partial charge in [0.1, 0.15) is 12.1 Å². The molecule has 0 saturated heterocycles. The number of rotatable bonds is 4. The highest BCUT2D eigenvalue weighted by atomic mass is 16.4. The van der Waals surface area contributed by atoms with Crippen molar-refractivity contribution in [3.8, 4) is 0 Å². The van der Waals surface area contributed by atoms with E-state index >= 15 is 0 Å². The first kappa shape index (κ1) is 12.4. The Balaban J connectivity index is 3.24. The van der Waals surface area contributed by atoms with E-state index in [2.05, 4.69) is 9.97 Å². The molecule has 5 heteroatoms. The van der Waals surface area contributed by atoms with Crippen molar-refractivity contribution in [3.63, 3.8) is 0 Å². The average Bonchev–Trinajstić information content (AvgIpc) is 2.17. The molecule has 0 aliphatic carbocycles. The fourth-order valence-electron chi connectivity index (χ4n) is 1.70. The van der Waals surface area contributed by atoms with Crippen molar-refractivity contribution in [1.82, 2.24) is 9.97 Å². The van der Waals surface area contributed by atoms with Crippen molar-refractivity contribution in [2.24, 2.45) is 5.92 Å². The number of anilines is 1. The van der Waals surface area contributed by atoms with Gasteiger partial charge >= 0.3 is 5.97 Å². The minimum absolute atomic E-state index is 0.00204. The molecule has 0 aliphatic heterocycles. The van der Waals surface area contributed by atoms with Gasteiger partial charge in [0.25, 0.3) is 0 Å². The lowest BCUT2D eigenvalue weighted by atomic mass is 9.89. The van der Waals surface area contributed by atoms with Gasteiger partial charge in [0.05, 0.1) is 5.92 Å². The number of nitrogens with zero attached hydrogens (tertiary/aromatic N) is 3. The summed E-state index contributed by atoms with van der Waals surface area (Å²) in [5.41, 5.74) is 0.662. The second-order valence-corrected chi connectivity index (χ2v) is 4.26. The molecule has 0 fully saturated rings. The van der Waals surface area contributed by atoms with E-state index in [1.807, 2.05) is 27.9 Å². The molecule has 1 aromatic heterocycles. The molecule has 0 aliphatic rings. The highest BCUT2D eigenvalue weighted by Crippen LogP contribution is 2.29. The number of hydrogen-bond acceptors (Lipinski definition) is 4. The van der Waals surface area contributed by atoms with E-state index in [4.69, 9.17) is 0 Å². The van der Waals surface area contributed by atoms with E-state index in [-0.39, 0.29) is 5.92 Å². The first-order chi connectivity index (χ1) is 7.45. The molecule has 88 valence electrons. The van der Waals surface area contributed by atoms with Crippen LogP contribution in [0.4, 0.5) is 5.82 Å². The molecule has 0 amide bonds. The van der Waals surface area contributed by atoms with Gasteiger partial charge in [-0.1, -0.05) is 13.8 Å². The van der Waals surface area contributed by atoms with Crippen molar-refractivity contribution in [2.45, 2.75) is 19.8 Å². The summed E-state index contributed by atoms with van der Waals surface area (Å²) < 4.78 is 0. The van der Waals surface area contributed by atoms with E-state index in [1.165, 1.54) is 6.33 Å². The summed E-state index contributed by atoms with van der Waals surface area (Å²) in [6, 6.07) is 0. The van der Waals surface area contributed by atoms with Gasteiger partial charge in [0.15, 0.2) is 0 Å². The maximum Gasteiger partial charge on any atom is 0.311 e. The summed E-state index contributed by atoms with van der Waals surface area (Å²) in [6.07, 6.45) is 3.01. The van der Waals surface area contributed by atoms with Crippen LogP contribution in [0.3, 0.4) is 0 Å². The summed E-state index contributed by atoms with van der Waals surface area (Å²) in [7, 11) is 3.68. The van der Waals surface area contributed by atoms with Gasteiger partial charge < -0.3 is 10.0 Å². The molecule has 1 atom stereocenters. The van der Waals surface area contributed by atoms with Gasteiger partial charge in [-0.15, -0.1) is 0 Å². The molecule has 1 aromatic rings. The predicted octanol–water partition coefficient (Wildman–Crippen LogP) is 1.37. The van der Waals surface area contributed by atoms with Crippen LogP contribution in [0.25, 0.3) is 0 Å². The Labute approximate surface area is 95.1 Å². The average molecular weight is 223 g/mol. The summed E-state index contributed by atoms with van der Waals surface area (Å²) >= 11 is 0. The molecule has 1 rings (SSSR count). The second-order valence-electron chi connectivity index (χ2n) is 4.26. The zero-order valence-electron chi connectivity index (χ0n) is 10.0. The molecule has 0 spiro atoms. The zero-order valence-corrected chi connectivity index (χ0v) is 10.0. The number of carboxylic acid groups (broad SMARTS) is 1. The highest BCUT2D eigenvalue weighted by molar-refractivity contribution is 5.78. The maximum atomic E-state index is 11.2. The third kappa shape index (κ3) is 2.48. The number of carbonyl (C=O) groups is 1. The predicted molar refractivity (Wildman–Crippen MR) is 61.6 cm³/mol. The highest BCUT2D eigenvalue weighted by Gasteiger charge is 2.27. The van der Waals surface area contributed by atoms with E-state index in [0.29, 0.717) is 11.4 Å². The Morgan fingerprint density at radius 2 is 2.06 bits per heavy atom. The lowest BCUT2D eigenvalue weighted by Crippen LogP contribution is -2.22. The van der Waals surface area contributed by atoms with Gasteiger partial charge in [-0.25, -0.2) is 9.97 Å². The summed E-state index contributed by atoms with van der Waals surface area (Å²) in [6.45, 7) is 3.76. The zero-order chi connectivity index (χ0) is 12.3. The number of aromatic nitrogens is 2. The van der Waals surface area contributed by atoms with Gasteiger partial charge in [-0.3, -0.25) is 4.79 Å². The van der Waals surface area contributed by atoms with Gasteiger partial charge in [0.2, 0.25) is 0 Å². The molecule has 0 bridgehead atoms. The van der Waals surface area contributed by atoms with Crippen LogP contribution in [0.2, 0.25) is 0 Å². The fraction of sp³-hybridized carbons (Fsp3) is 0.545. The van der Waals surface area contributed by atoms with E-state index in [9.17, 15) is 9.90 Å². The van der Waals surface area contributed by atoms with E-state index < -0.39 is 11.9 Å². The largest absolute Gasteiger partial charge is 0.481 e. The molecule has 5 nitrogen and oxygen atoms in total. The van der Waals surface area contributed by atoms with Crippen molar-refractivity contribution < 1.29 is 9.90 Å². The second kappa shape index (κ2) is 4.92. The van der Waals surface area contributed by atoms with E-state index in [0.717, 1.165) is 0 Å². The Morgan fingerprint density at radius 1 is 1.44 bits per heavy atom. The van der Waals surface area contributed by atoms with Crippen LogP contribution in [0.5, 0.6) is 0 Å². The molecule has 0 saturated carbocycles. The normalized spacial score (nSPS) is 12.6. The molecular formula is C11H17N3O2. The first-order valence-electron chi connectivity index (χ1n) is 5.15. The van der Waals surface area contributed by atoms with Gasteiger partial charge in [-0.2, -0.15) is 0 Å². The van der Waals surface area contributed by atoms with Crippen molar-refractivity contribution in [1.29, 1.82) is 0 Å². The summed E-state index contributed by atoms with van der Waals surface area (Å²) in [5.74, 6) is -0.746. The Hall–Kier alpha value is -1.65. The molecule has 0 radical (unpaired) electrons. The Bertz CT molecular complexity index is 377. The first-order valence-corrected chi connectivity index (χ1v) is 5.15. The Kier molecular flexibility index (Phi) is 3.82. The molecule has 0 aromatic carbocycles. The third-order valence-corrected chi connectivity index (χ3v) is 2.41. The van der Waals surface area contributed by atoms with Crippen LogP contribution in [0.15, 0.2) is 12.5 Å². The minimum Gasteiger partial charge on any atom is -0.481 e.